The van der Waals surface area contributed by atoms with Crippen molar-refractivity contribution < 1.29 is 4.79 Å². The number of hydrogen-bond donors (Lipinski definition) is 0. The zero-order chi connectivity index (χ0) is 17.3. The van der Waals surface area contributed by atoms with Gasteiger partial charge in [0.05, 0.1) is 10.3 Å². The third kappa shape index (κ3) is 2.99. The molecule has 1 unspecified atom stereocenters. The molecule has 0 aromatic carbocycles. The molecule has 3 heterocycles. The number of amides is 1. The third-order valence-electron chi connectivity index (χ3n) is 4.91. The van der Waals surface area contributed by atoms with Crippen molar-refractivity contribution in [2.24, 2.45) is 5.92 Å². The average molecular weight is 347 g/mol. The Morgan fingerprint density at radius 3 is 2.79 bits per heavy atom. The number of aryl methyl sites for hydroxylation is 1. The molecule has 1 amide bonds. The molecule has 5 nitrogen and oxygen atoms in total. The van der Waals surface area contributed by atoms with Gasteiger partial charge in [0.25, 0.3) is 5.91 Å². The van der Waals surface area contributed by atoms with Crippen molar-refractivity contribution in [3.05, 3.63) is 16.8 Å². The largest absolute Gasteiger partial charge is 0.357 e. The van der Waals surface area contributed by atoms with Gasteiger partial charge in [-0.25, -0.2) is 9.97 Å². The molecular weight excluding hydrogens is 320 g/mol. The molecule has 0 aliphatic carbocycles. The molecule has 0 N–H and O–H groups in total. The van der Waals surface area contributed by atoms with Crippen LogP contribution in [0.4, 0.5) is 5.82 Å². The van der Waals surface area contributed by atoms with E-state index >= 15 is 0 Å². The Kier molecular flexibility index (Phi) is 5.04. The molecule has 3 rings (SSSR count). The molecule has 130 valence electrons. The Morgan fingerprint density at radius 2 is 2.12 bits per heavy atom. The zero-order valence-electron chi connectivity index (χ0n) is 15.0. The summed E-state index contributed by atoms with van der Waals surface area (Å²) in [5, 5.41) is 1.04. The summed E-state index contributed by atoms with van der Waals surface area (Å²) < 4.78 is 0. The van der Waals surface area contributed by atoms with Gasteiger partial charge in [-0.05, 0) is 45.1 Å². The summed E-state index contributed by atoms with van der Waals surface area (Å²) in [6.45, 7) is 12.0. The molecule has 0 spiro atoms. The standard InChI is InChI=1S/C18H26N4OS/c1-5-21(6-2)16-14-13(4)15(24-17(14)20-11-19-16)18(23)22-9-7-8-12(3)10-22/h11-12H,5-10H2,1-4H3. The molecule has 0 radical (unpaired) electrons. The molecule has 24 heavy (non-hydrogen) atoms. The topological polar surface area (TPSA) is 49.3 Å². The minimum atomic E-state index is 0.160. The molecule has 2 aromatic rings. The van der Waals surface area contributed by atoms with Crippen molar-refractivity contribution >= 4 is 33.3 Å². The molecule has 1 aliphatic heterocycles. The lowest BCUT2D eigenvalue weighted by molar-refractivity contribution is 0.0687. The van der Waals surface area contributed by atoms with Crippen molar-refractivity contribution in [2.75, 3.05) is 31.1 Å². The van der Waals surface area contributed by atoms with E-state index in [0.717, 1.165) is 59.1 Å². The second-order valence-corrected chi connectivity index (χ2v) is 7.60. The van der Waals surface area contributed by atoms with E-state index in [1.807, 2.05) is 11.8 Å². The summed E-state index contributed by atoms with van der Waals surface area (Å²) in [6.07, 6.45) is 3.93. The van der Waals surface area contributed by atoms with Crippen LogP contribution < -0.4 is 4.90 Å². The van der Waals surface area contributed by atoms with Crippen LogP contribution in [0.25, 0.3) is 10.2 Å². The number of piperidine rings is 1. The third-order valence-corrected chi connectivity index (χ3v) is 6.10. The van der Waals surface area contributed by atoms with Crippen LogP contribution >= 0.6 is 11.3 Å². The van der Waals surface area contributed by atoms with Crippen LogP contribution in [0, 0.1) is 12.8 Å². The van der Waals surface area contributed by atoms with E-state index in [1.165, 1.54) is 17.8 Å². The quantitative estimate of drug-likeness (QED) is 0.846. The number of anilines is 1. The van der Waals surface area contributed by atoms with Gasteiger partial charge >= 0.3 is 0 Å². The van der Waals surface area contributed by atoms with Crippen LogP contribution in [0.3, 0.4) is 0 Å². The van der Waals surface area contributed by atoms with Gasteiger partial charge in [0, 0.05) is 26.2 Å². The summed E-state index contributed by atoms with van der Waals surface area (Å²) in [5.41, 5.74) is 1.03. The predicted octanol–water partition coefficient (Wildman–Crippen LogP) is 3.72. The van der Waals surface area contributed by atoms with E-state index in [9.17, 15) is 4.79 Å². The van der Waals surface area contributed by atoms with E-state index in [-0.39, 0.29) is 5.91 Å². The molecule has 1 aliphatic rings. The van der Waals surface area contributed by atoms with Gasteiger partial charge in [0.15, 0.2) is 0 Å². The van der Waals surface area contributed by atoms with Crippen LogP contribution in [0.2, 0.25) is 0 Å². The number of hydrogen-bond acceptors (Lipinski definition) is 5. The molecule has 6 heteroatoms. The molecule has 0 saturated carbocycles. The first-order valence-corrected chi connectivity index (χ1v) is 9.66. The van der Waals surface area contributed by atoms with E-state index in [2.05, 4.69) is 35.6 Å². The molecule has 1 atom stereocenters. The van der Waals surface area contributed by atoms with Crippen LogP contribution in [0.5, 0.6) is 0 Å². The number of thiophene rings is 1. The van der Waals surface area contributed by atoms with Gasteiger partial charge in [0.1, 0.15) is 17.0 Å². The maximum Gasteiger partial charge on any atom is 0.264 e. The normalized spacial score (nSPS) is 18.2. The minimum absolute atomic E-state index is 0.160. The molecule has 2 aromatic heterocycles. The van der Waals surface area contributed by atoms with Crippen molar-refractivity contribution in [3.8, 4) is 0 Å². The highest BCUT2D eigenvalue weighted by Gasteiger charge is 2.27. The van der Waals surface area contributed by atoms with Gasteiger partial charge in [-0.3, -0.25) is 4.79 Å². The summed E-state index contributed by atoms with van der Waals surface area (Å²) in [4.78, 5) is 27.9. The highest BCUT2D eigenvalue weighted by Crippen LogP contribution is 2.36. The minimum Gasteiger partial charge on any atom is -0.357 e. The number of fused-ring (bicyclic) bond motifs is 1. The number of carbonyl (C=O) groups is 1. The SMILES string of the molecule is CCN(CC)c1ncnc2sc(C(=O)N3CCCC(C)C3)c(C)c12. The lowest BCUT2D eigenvalue weighted by Gasteiger charge is -2.30. The van der Waals surface area contributed by atoms with Gasteiger partial charge < -0.3 is 9.80 Å². The monoisotopic (exact) mass is 346 g/mol. The summed E-state index contributed by atoms with van der Waals surface area (Å²) in [7, 11) is 0. The fourth-order valence-electron chi connectivity index (χ4n) is 3.54. The Balaban J connectivity index is 2.02. The highest BCUT2D eigenvalue weighted by atomic mass is 32.1. The highest BCUT2D eigenvalue weighted by molar-refractivity contribution is 7.20. The van der Waals surface area contributed by atoms with Gasteiger partial charge in [-0.1, -0.05) is 6.92 Å². The Morgan fingerprint density at radius 1 is 1.38 bits per heavy atom. The summed E-state index contributed by atoms with van der Waals surface area (Å²) >= 11 is 1.51. The maximum absolute atomic E-state index is 13.0. The maximum atomic E-state index is 13.0. The van der Waals surface area contributed by atoms with E-state index in [0.29, 0.717) is 5.92 Å². The number of carbonyl (C=O) groups excluding carboxylic acids is 1. The van der Waals surface area contributed by atoms with Crippen LogP contribution in [0.15, 0.2) is 6.33 Å². The van der Waals surface area contributed by atoms with E-state index in [4.69, 9.17) is 0 Å². The van der Waals surface area contributed by atoms with E-state index in [1.54, 1.807) is 6.33 Å². The predicted molar refractivity (Wildman–Crippen MR) is 100 cm³/mol. The van der Waals surface area contributed by atoms with Crippen molar-refractivity contribution in [1.82, 2.24) is 14.9 Å². The lowest BCUT2D eigenvalue weighted by Crippen LogP contribution is -2.39. The zero-order valence-corrected chi connectivity index (χ0v) is 15.8. The van der Waals surface area contributed by atoms with Crippen molar-refractivity contribution in [3.63, 3.8) is 0 Å². The Bertz CT molecular complexity index is 738. The second kappa shape index (κ2) is 7.05. The average Bonchev–Trinajstić information content (AvgIpc) is 2.93. The van der Waals surface area contributed by atoms with Crippen LogP contribution in [0.1, 0.15) is 48.8 Å². The van der Waals surface area contributed by atoms with Crippen LogP contribution in [-0.4, -0.2) is 47.0 Å². The van der Waals surface area contributed by atoms with E-state index < -0.39 is 0 Å². The van der Waals surface area contributed by atoms with Crippen LogP contribution in [-0.2, 0) is 0 Å². The smallest absolute Gasteiger partial charge is 0.264 e. The number of aromatic nitrogens is 2. The first-order chi connectivity index (χ1) is 11.6. The second-order valence-electron chi connectivity index (χ2n) is 6.60. The lowest BCUT2D eigenvalue weighted by atomic mass is 10.00. The van der Waals surface area contributed by atoms with Gasteiger partial charge in [0.2, 0.25) is 0 Å². The number of likely N-dealkylation sites (tertiary alicyclic amines) is 1. The molecule has 0 bridgehead atoms. The summed E-state index contributed by atoms with van der Waals surface area (Å²) in [5.74, 6) is 1.70. The Hall–Kier alpha value is -1.69. The first-order valence-electron chi connectivity index (χ1n) is 8.85. The fourth-order valence-corrected chi connectivity index (χ4v) is 4.65. The van der Waals surface area contributed by atoms with Crippen molar-refractivity contribution in [2.45, 2.75) is 40.5 Å². The Labute approximate surface area is 147 Å². The molecule has 1 saturated heterocycles. The molecular formula is C18H26N4OS. The first kappa shape index (κ1) is 17.1. The van der Waals surface area contributed by atoms with Gasteiger partial charge in [-0.15, -0.1) is 11.3 Å². The summed E-state index contributed by atoms with van der Waals surface area (Å²) in [6, 6.07) is 0. The molecule has 1 fully saturated rings. The number of nitrogens with zero attached hydrogens (tertiary/aromatic N) is 4. The van der Waals surface area contributed by atoms with Gasteiger partial charge in [-0.2, -0.15) is 0 Å². The number of rotatable bonds is 4. The van der Waals surface area contributed by atoms with Crippen molar-refractivity contribution in [1.29, 1.82) is 0 Å². The fraction of sp³-hybridized carbons (Fsp3) is 0.611.